The molecule has 0 unspecified atom stereocenters. The van der Waals surface area contributed by atoms with Crippen LogP contribution in [0.3, 0.4) is 0 Å². The highest BCUT2D eigenvalue weighted by Crippen LogP contribution is 2.37. The molecule has 0 saturated heterocycles. The number of methoxy groups -OCH3 is 1. The minimum absolute atomic E-state index is 0.217. The fourth-order valence-corrected chi connectivity index (χ4v) is 3.97. The molecule has 1 fully saturated rings. The van der Waals surface area contributed by atoms with Crippen molar-refractivity contribution < 1.29 is 14.3 Å². The van der Waals surface area contributed by atoms with Gasteiger partial charge in [0, 0.05) is 17.3 Å². The van der Waals surface area contributed by atoms with E-state index in [2.05, 4.69) is 0 Å². The van der Waals surface area contributed by atoms with Crippen LogP contribution >= 0.6 is 11.3 Å². The van der Waals surface area contributed by atoms with Gasteiger partial charge in [-0.05, 0) is 24.8 Å². The van der Waals surface area contributed by atoms with Crippen molar-refractivity contribution in [3.63, 3.8) is 0 Å². The van der Waals surface area contributed by atoms with E-state index in [9.17, 15) is 9.59 Å². The summed E-state index contributed by atoms with van der Waals surface area (Å²) in [6.45, 7) is 1.25. The normalized spacial score (nSPS) is 18.4. The third kappa shape index (κ3) is 2.08. The van der Waals surface area contributed by atoms with Crippen LogP contribution in [0.1, 0.15) is 40.1 Å². The number of fused-ring (bicyclic) bond motifs is 1. The second-order valence-electron chi connectivity index (χ2n) is 5.37. The number of ether oxygens (including phenoxy) is 1. The van der Waals surface area contributed by atoms with E-state index in [1.54, 1.807) is 0 Å². The summed E-state index contributed by atoms with van der Waals surface area (Å²) in [7, 11) is 1.36. The fraction of sp³-hybridized carbons (Fsp3) is 0.571. The summed E-state index contributed by atoms with van der Waals surface area (Å²) >= 11 is 1.40. The largest absolute Gasteiger partial charge is 0.465 e. The third-order valence-corrected chi connectivity index (χ3v) is 5.29. The maximum atomic E-state index is 12.3. The van der Waals surface area contributed by atoms with Gasteiger partial charge in [-0.15, -0.1) is 11.3 Å². The van der Waals surface area contributed by atoms with Crippen LogP contribution in [0, 0.1) is 5.92 Å². The number of nitrogen functional groups attached to an aromatic ring is 1. The molecule has 2 N–H and O–H groups in total. The Morgan fingerprint density at radius 1 is 1.40 bits per heavy atom. The van der Waals surface area contributed by atoms with Gasteiger partial charge in [0.15, 0.2) is 0 Å². The lowest BCUT2D eigenvalue weighted by molar-refractivity contribution is -0.139. The number of anilines is 1. The van der Waals surface area contributed by atoms with Crippen molar-refractivity contribution in [1.82, 2.24) is 4.90 Å². The summed E-state index contributed by atoms with van der Waals surface area (Å²) in [6, 6.07) is 0. The fourth-order valence-electron chi connectivity index (χ4n) is 2.85. The zero-order chi connectivity index (χ0) is 14.3. The number of thiophene rings is 1. The number of hydrogen-bond donors (Lipinski definition) is 1. The minimum atomic E-state index is -0.376. The molecular weight excluding hydrogens is 276 g/mol. The van der Waals surface area contributed by atoms with Crippen molar-refractivity contribution in [2.24, 2.45) is 5.92 Å². The summed E-state index contributed by atoms with van der Waals surface area (Å²) in [5.74, 6) is 0.0983. The van der Waals surface area contributed by atoms with Crippen molar-refractivity contribution in [3.8, 4) is 0 Å². The Morgan fingerprint density at radius 2 is 2.15 bits per heavy atom. The summed E-state index contributed by atoms with van der Waals surface area (Å²) in [5.41, 5.74) is 7.40. The van der Waals surface area contributed by atoms with Gasteiger partial charge >= 0.3 is 5.97 Å². The summed E-state index contributed by atoms with van der Waals surface area (Å²) in [4.78, 5) is 27.0. The highest BCUT2D eigenvalue weighted by Gasteiger charge is 2.33. The standard InChI is InChI=1S/C14H18N2O3S/c1-19-14(18)11-9-5-6-16(7-10(9)20-12(11)15)13(17)8-3-2-4-8/h8H,2-7,15H2,1H3. The first-order chi connectivity index (χ1) is 9.61. The van der Waals surface area contributed by atoms with E-state index in [0.29, 0.717) is 30.1 Å². The van der Waals surface area contributed by atoms with Crippen molar-refractivity contribution in [2.75, 3.05) is 19.4 Å². The molecule has 1 saturated carbocycles. The smallest absolute Gasteiger partial charge is 0.341 e. The van der Waals surface area contributed by atoms with Gasteiger partial charge in [-0.2, -0.15) is 0 Å². The van der Waals surface area contributed by atoms with E-state index >= 15 is 0 Å². The molecule has 0 bridgehead atoms. The maximum Gasteiger partial charge on any atom is 0.341 e. The first kappa shape index (κ1) is 13.4. The van der Waals surface area contributed by atoms with Gasteiger partial charge in [0.1, 0.15) is 5.00 Å². The average molecular weight is 294 g/mol. The van der Waals surface area contributed by atoms with E-state index in [1.165, 1.54) is 18.4 Å². The first-order valence-corrected chi connectivity index (χ1v) is 7.70. The van der Waals surface area contributed by atoms with Crippen LogP contribution in [0.5, 0.6) is 0 Å². The predicted molar refractivity (Wildman–Crippen MR) is 76.5 cm³/mol. The first-order valence-electron chi connectivity index (χ1n) is 6.89. The molecular formula is C14H18N2O3S. The quantitative estimate of drug-likeness (QED) is 0.844. The molecule has 3 rings (SSSR count). The van der Waals surface area contributed by atoms with Gasteiger partial charge in [0.2, 0.25) is 5.91 Å². The Balaban J connectivity index is 1.82. The Morgan fingerprint density at radius 3 is 2.75 bits per heavy atom. The highest BCUT2D eigenvalue weighted by atomic mass is 32.1. The molecule has 6 heteroatoms. The Labute approximate surface area is 121 Å². The SMILES string of the molecule is COC(=O)c1c(N)sc2c1CCN(C(=O)C1CCC1)C2. The Kier molecular flexibility index (Phi) is 3.41. The van der Waals surface area contributed by atoms with E-state index in [-0.39, 0.29) is 17.8 Å². The molecule has 20 heavy (non-hydrogen) atoms. The van der Waals surface area contributed by atoms with Gasteiger partial charge in [-0.3, -0.25) is 4.79 Å². The van der Waals surface area contributed by atoms with E-state index in [4.69, 9.17) is 10.5 Å². The molecule has 1 aromatic rings. The molecule has 2 heterocycles. The van der Waals surface area contributed by atoms with Crippen molar-refractivity contribution in [1.29, 1.82) is 0 Å². The van der Waals surface area contributed by atoms with Gasteiger partial charge in [0.25, 0.3) is 0 Å². The summed E-state index contributed by atoms with van der Waals surface area (Å²) in [5, 5.41) is 0.500. The molecule has 5 nitrogen and oxygen atoms in total. The third-order valence-electron chi connectivity index (χ3n) is 4.24. The molecule has 0 atom stereocenters. The molecule has 2 aliphatic rings. The van der Waals surface area contributed by atoms with Crippen molar-refractivity contribution in [2.45, 2.75) is 32.2 Å². The van der Waals surface area contributed by atoms with Gasteiger partial charge in [-0.25, -0.2) is 4.79 Å². The number of rotatable bonds is 2. The number of nitrogens with two attached hydrogens (primary N) is 1. The second-order valence-corrected chi connectivity index (χ2v) is 6.51. The van der Waals surface area contributed by atoms with Crippen LogP contribution in [0.2, 0.25) is 0 Å². The van der Waals surface area contributed by atoms with Crippen LogP contribution in [-0.2, 0) is 22.5 Å². The van der Waals surface area contributed by atoms with Crippen molar-refractivity contribution in [3.05, 3.63) is 16.0 Å². The number of carbonyl (C=O) groups is 2. The molecule has 108 valence electrons. The van der Waals surface area contributed by atoms with Crippen LogP contribution in [0.4, 0.5) is 5.00 Å². The predicted octanol–water partition coefficient (Wildman–Crippen LogP) is 1.80. The highest BCUT2D eigenvalue weighted by molar-refractivity contribution is 7.16. The van der Waals surface area contributed by atoms with Crippen LogP contribution in [0.15, 0.2) is 0 Å². The molecule has 1 aliphatic heterocycles. The summed E-state index contributed by atoms with van der Waals surface area (Å²) in [6.07, 6.45) is 3.88. The minimum Gasteiger partial charge on any atom is -0.465 e. The lowest BCUT2D eigenvalue weighted by Gasteiger charge is -2.33. The van der Waals surface area contributed by atoms with Crippen LogP contribution in [0.25, 0.3) is 0 Å². The van der Waals surface area contributed by atoms with Crippen LogP contribution < -0.4 is 5.73 Å². The molecule has 0 aromatic carbocycles. The number of nitrogens with zero attached hydrogens (tertiary/aromatic N) is 1. The number of esters is 1. The lowest BCUT2D eigenvalue weighted by Crippen LogP contribution is -2.41. The topological polar surface area (TPSA) is 72.6 Å². The molecule has 0 spiro atoms. The molecule has 1 aromatic heterocycles. The lowest BCUT2D eigenvalue weighted by atomic mass is 9.84. The summed E-state index contributed by atoms with van der Waals surface area (Å²) < 4.78 is 4.79. The monoisotopic (exact) mass is 294 g/mol. The van der Waals surface area contributed by atoms with Gasteiger partial charge in [-0.1, -0.05) is 6.42 Å². The molecule has 1 aliphatic carbocycles. The van der Waals surface area contributed by atoms with E-state index < -0.39 is 0 Å². The maximum absolute atomic E-state index is 12.3. The number of carbonyl (C=O) groups excluding carboxylic acids is 2. The van der Waals surface area contributed by atoms with E-state index in [1.807, 2.05) is 4.90 Å². The average Bonchev–Trinajstić information content (AvgIpc) is 2.70. The Bertz CT molecular complexity index is 563. The Hall–Kier alpha value is -1.56. The second kappa shape index (κ2) is 5.09. The van der Waals surface area contributed by atoms with Crippen molar-refractivity contribution >= 4 is 28.2 Å². The molecule has 1 amide bonds. The van der Waals surface area contributed by atoms with Gasteiger partial charge < -0.3 is 15.4 Å². The number of amides is 1. The molecule has 0 radical (unpaired) electrons. The number of hydrogen-bond acceptors (Lipinski definition) is 5. The zero-order valence-corrected chi connectivity index (χ0v) is 12.3. The van der Waals surface area contributed by atoms with E-state index in [0.717, 1.165) is 29.7 Å². The zero-order valence-electron chi connectivity index (χ0n) is 11.5. The van der Waals surface area contributed by atoms with Crippen LogP contribution in [-0.4, -0.2) is 30.4 Å². The van der Waals surface area contributed by atoms with Gasteiger partial charge in [0.05, 0.1) is 19.2 Å².